The number of ether oxygens (including phenoxy) is 2. The van der Waals surface area contributed by atoms with E-state index in [4.69, 9.17) is 20.9 Å². The number of hydrogen-bond donors (Lipinski definition) is 3. The van der Waals surface area contributed by atoms with E-state index in [0.29, 0.717) is 28.3 Å². The number of nitrogens with zero attached hydrogens (tertiary/aromatic N) is 2. The van der Waals surface area contributed by atoms with Crippen LogP contribution in [0, 0.1) is 0 Å². The Balaban J connectivity index is 1.95. The van der Waals surface area contributed by atoms with Crippen LogP contribution in [0.4, 0.5) is 11.8 Å². The lowest BCUT2D eigenvalue weighted by Crippen LogP contribution is -2.04. The number of aromatic hydroxyl groups is 1. The summed E-state index contributed by atoms with van der Waals surface area (Å²) in [5.74, 6) is 1.74. The SMILES string of the molecule is Nc1nc(N)c(-c2ccc3c(c2)OCO3)c(-c2cccc(O)c2)n1. The first-order chi connectivity index (χ1) is 11.6. The van der Waals surface area contributed by atoms with E-state index < -0.39 is 0 Å². The zero-order valence-corrected chi connectivity index (χ0v) is 12.6. The van der Waals surface area contributed by atoms with Gasteiger partial charge >= 0.3 is 0 Å². The lowest BCUT2D eigenvalue weighted by molar-refractivity contribution is 0.174. The predicted octanol–water partition coefficient (Wildman–Crippen LogP) is 2.41. The van der Waals surface area contributed by atoms with Crippen LogP contribution in [0.1, 0.15) is 0 Å². The Bertz CT molecular complexity index is 943. The first-order valence-corrected chi connectivity index (χ1v) is 7.24. The third kappa shape index (κ3) is 2.32. The van der Waals surface area contributed by atoms with Crippen molar-refractivity contribution in [3.63, 3.8) is 0 Å². The van der Waals surface area contributed by atoms with Gasteiger partial charge in [0.1, 0.15) is 11.6 Å². The molecule has 1 aliphatic heterocycles. The smallest absolute Gasteiger partial charge is 0.231 e. The van der Waals surface area contributed by atoms with Gasteiger partial charge in [0.05, 0.1) is 11.3 Å². The molecule has 0 bridgehead atoms. The summed E-state index contributed by atoms with van der Waals surface area (Å²) >= 11 is 0. The normalized spacial score (nSPS) is 12.3. The summed E-state index contributed by atoms with van der Waals surface area (Å²) in [5.41, 5.74) is 14.5. The highest BCUT2D eigenvalue weighted by Crippen LogP contribution is 2.41. The van der Waals surface area contributed by atoms with E-state index in [1.165, 1.54) is 0 Å². The van der Waals surface area contributed by atoms with Gasteiger partial charge in [0.2, 0.25) is 12.7 Å². The number of phenols is 1. The van der Waals surface area contributed by atoms with Crippen molar-refractivity contribution < 1.29 is 14.6 Å². The first kappa shape index (κ1) is 14.1. The van der Waals surface area contributed by atoms with E-state index in [0.717, 1.165) is 5.56 Å². The molecule has 7 heteroatoms. The summed E-state index contributed by atoms with van der Waals surface area (Å²) in [6.07, 6.45) is 0. The average Bonchev–Trinajstić information content (AvgIpc) is 3.01. The van der Waals surface area contributed by atoms with E-state index in [1.807, 2.05) is 18.2 Å². The molecule has 0 unspecified atom stereocenters. The molecule has 0 saturated heterocycles. The fourth-order valence-corrected chi connectivity index (χ4v) is 2.69. The topological polar surface area (TPSA) is 117 Å². The summed E-state index contributed by atoms with van der Waals surface area (Å²) in [6.45, 7) is 0.186. The van der Waals surface area contributed by atoms with Gasteiger partial charge in [0, 0.05) is 5.56 Å². The van der Waals surface area contributed by atoms with Crippen LogP contribution in [0.5, 0.6) is 17.2 Å². The maximum Gasteiger partial charge on any atom is 0.231 e. The van der Waals surface area contributed by atoms with Gasteiger partial charge in [-0.15, -0.1) is 0 Å². The molecule has 0 aliphatic carbocycles. The summed E-state index contributed by atoms with van der Waals surface area (Å²) in [4.78, 5) is 8.38. The highest BCUT2D eigenvalue weighted by Gasteiger charge is 2.19. The van der Waals surface area contributed by atoms with E-state index in [9.17, 15) is 5.11 Å². The number of nitrogens with two attached hydrogens (primary N) is 2. The van der Waals surface area contributed by atoms with Crippen LogP contribution in [0.25, 0.3) is 22.4 Å². The summed E-state index contributed by atoms with van der Waals surface area (Å²) < 4.78 is 10.8. The second-order valence-corrected chi connectivity index (χ2v) is 5.31. The van der Waals surface area contributed by atoms with Crippen molar-refractivity contribution >= 4 is 11.8 Å². The fourth-order valence-electron chi connectivity index (χ4n) is 2.69. The molecule has 4 rings (SSSR count). The van der Waals surface area contributed by atoms with Crippen LogP contribution in [-0.2, 0) is 0 Å². The van der Waals surface area contributed by atoms with Gasteiger partial charge in [-0.3, -0.25) is 0 Å². The maximum atomic E-state index is 9.76. The standard InChI is InChI=1S/C17H14N4O3/c18-16-14(9-4-5-12-13(7-9)24-8-23-12)15(20-17(19)21-16)10-2-1-3-11(22)6-10/h1-7,22H,8H2,(H4,18,19,20,21). The average molecular weight is 322 g/mol. The largest absolute Gasteiger partial charge is 0.508 e. The van der Waals surface area contributed by atoms with E-state index in [-0.39, 0.29) is 24.3 Å². The molecule has 0 radical (unpaired) electrons. The number of nitrogen functional groups attached to an aromatic ring is 2. The number of fused-ring (bicyclic) bond motifs is 1. The molecule has 0 saturated carbocycles. The van der Waals surface area contributed by atoms with Gasteiger partial charge in [-0.05, 0) is 29.8 Å². The Morgan fingerprint density at radius 1 is 0.917 bits per heavy atom. The molecule has 5 N–H and O–H groups in total. The Labute approximate surface area is 137 Å². The van der Waals surface area contributed by atoms with Crippen molar-refractivity contribution in [3.8, 4) is 39.6 Å². The van der Waals surface area contributed by atoms with Gasteiger partial charge in [-0.25, -0.2) is 4.98 Å². The van der Waals surface area contributed by atoms with Gasteiger partial charge in [0.25, 0.3) is 0 Å². The second kappa shape index (κ2) is 5.31. The Hall–Kier alpha value is -3.48. The molecule has 120 valence electrons. The highest BCUT2D eigenvalue weighted by molar-refractivity contribution is 5.89. The van der Waals surface area contributed by atoms with Crippen LogP contribution in [-0.4, -0.2) is 21.9 Å². The van der Waals surface area contributed by atoms with Crippen LogP contribution < -0.4 is 20.9 Å². The fraction of sp³-hybridized carbons (Fsp3) is 0.0588. The summed E-state index contributed by atoms with van der Waals surface area (Å²) in [7, 11) is 0. The van der Waals surface area contributed by atoms with Gasteiger partial charge < -0.3 is 26.0 Å². The Morgan fingerprint density at radius 2 is 1.75 bits per heavy atom. The zero-order valence-electron chi connectivity index (χ0n) is 12.6. The van der Waals surface area contributed by atoms with E-state index in [1.54, 1.807) is 24.3 Å². The van der Waals surface area contributed by atoms with Gasteiger partial charge in [-0.1, -0.05) is 18.2 Å². The van der Waals surface area contributed by atoms with Crippen LogP contribution >= 0.6 is 0 Å². The number of benzene rings is 2. The summed E-state index contributed by atoms with van der Waals surface area (Å²) in [5, 5.41) is 9.76. The van der Waals surface area contributed by atoms with Gasteiger partial charge in [-0.2, -0.15) is 4.98 Å². The third-order valence-electron chi connectivity index (χ3n) is 3.74. The first-order valence-electron chi connectivity index (χ1n) is 7.24. The summed E-state index contributed by atoms with van der Waals surface area (Å²) in [6, 6.07) is 12.2. The number of aromatic nitrogens is 2. The molecule has 24 heavy (non-hydrogen) atoms. The quantitative estimate of drug-likeness (QED) is 0.663. The van der Waals surface area contributed by atoms with Crippen molar-refractivity contribution in [1.29, 1.82) is 0 Å². The molecule has 0 amide bonds. The van der Waals surface area contributed by atoms with E-state index >= 15 is 0 Å². The number of hydrogen-bond acceptors (Lipinski definition) is 7. The molecule has 2 heterocycles. The van der Waals surface area contributed by atoms with Crippen molar-refractivity contribution in [2.75, 3.05) is 18.3 Å². The molecule has 2 aromatic carbocycles. The molecule has 0 atom stereocenters. The molecule has 7 nitrogen and oxygen atoms in total. The zero-order chi connectivity index (χ0) is 16.7. The van der Waals surface area contributed by atoms with Crippen LogP contribution in [0.2, 0.25) is 0 Å². The second-order valence-electron chi connectivity index (χ2n) is 5.31. The predicted molar refractivity (Wildman–Crippen MR) is 89.5 cm³/mol. The molecule has 1 aromatic heterocycles. The third-order valence-corrected chi connectivity index (χ3v) is 3.74. The number of anilines is 2. The lowest BCUT2D eigenvalue weighted by atomic mass is 9.99. The van der Waals surface area contributed by atoms with Crippen LogP contribution in [0.15, 0.2) is 42.5 Å². The van der Waals surface area contributed by atoms with E-state index in [2.05, 4.69) is 9.97 Å². The minimum absolute atomic E-state index is 0.0651. The maximum absolute atomic E-state index is 9.76. The van der Waals surface area contributed by atoms with Crippen molar-refractivity contribution in [2.45, 2.75) is 0 Å². The molecule has 0 fully saturated rings. The molecule has 1 aliphatic rings. The Kier molecular flexibility index (Phi) is 3.13. The van der Waals surface area contributed by atoms with Crippen LogP contribution in [0.3, 0.4) is 0 Å². The minimum atomic E-state index is 0.0651. The highest BCUT2D eigenvalue weighted by atomic mass is 16.7. The molecular weight excluding hydrogens is 308 g/mol. The van der Waals surface area contributed by atoms with Crippen molar-refractivity contribution in [2.24, 2.45) is 0 Å². The van der Waals surface area contributed by atoms with Crippen molar-refractivity contribution in [3.05, 3.63) is 42.5 Å². The lowest BCUT2D eigenvalue weighted by Gasteiger charge is -2.13. The molecule has 3 aromatic rings. The Morgan fingerprint density at radius 3 is 2.58 bits per heavy atom. The monoisotopic (exact) mass is 322 g/mol. The minimum Gasteiger partial charge on any atom is -0.508 e. The van der Waals surface area contributed by atoms with Gasteiger partial charge in [0.15, 0.2) is 11.5 Å². The molecular formula is C17H14N4O3. The number of rotatable bonds is 2. The number of phenolic OH excluding ortho intramolecular Hbond substituents is 1. The molecule has 0 spiro atoms. The van der Waals surface area contributed by atoms with Crippen molar-refractivity contribution in [1.82, 2.24) is 9.97 Å².